The van der Waals surface area contributed by atoms with E-state index in [2.05, 4.69) is 27.9 Å². The summed E-state index contributed by atoms with van der Waals surface area (Å²) in [5.74, 6) is 0.918. The van der Waals surface area contributed by atoms with Gasteiger partial charge in [-0.3, -0.25) is 9.78 Å². The molecule has 174 valence electrons. The van der Waals surface area contributed by atoms with Gasteiger partial charge in [-0.15, -0.1) is 22.7 Å². The van der Waals surface area contributed by atoms with Crippen molar-refractivity contribution in [1.82, 2.24) is 25.9 Å². The molecule has 0 radical (unpaired) electrons. The van der Waals surface area contributed by atoms with Crippen LogP contribution in [-0.4, -0.2) is 48.1 Å². The van der Waals surface area contributed by atoms with Crippen LogP contribution in [0.1, 0.15) is 47.0 Å². The first-order valence-electron chi connectivity index (χ1n) is 11.9. The van der Waals surface area contributed by atoms with Gasteiger partial charge in [0.15, 0.2) is 0 Å². The number of aromatic nitrogens is 2. The van der Waals surface area contributed by atoms with E-state index in [9.17, 15) is 4.79 Å². The first kappa shape index (κ1) is 21.6. The molecule has 1 aliphatic carbocycles. The molecule has 3 aromatic rings. The Labute approximate surface area is 201 Å². The predicted octanol–water partition coefficient (Wildman–Crippen LogP) is 2.78. The average molecular weight is 483 g/mol. The number of nitrogens with one attached hydrogen (secondary N) is 3. The van der Waals surface area contributed by atoms with Gasteiger partial charge in [0.1, 0.15) is 10.5 Å². The summed E-state index contributed by atoms with van der Waals surface area (Å²) in [6.45, 7) is 5.98. The van der Waals surface area contributed by atoms with E-state index >= 15 is 0 Å². The molecule has 2 aliphatic heterocycles. The van der Waals surface area contributed by atoms with Gasteiger partial charge in [-0.1, -0.05) is 0 Å². The lowest BCUT2D eigenvalue weighted by molar-refractivity contribution is -0.119. The lowest BCUT2D eigenvalue weighted by atomic mass is 9.95. The summed E-state index contributed by atoms with van der Waals surface area (Å²) in [6.07, 6.45) is 6.93. The number of primary amides is 1. The fourth-order valence-electron chi connectivity index (χ4n) is 5.91. The monoisotopic (exact) mass is 482 g/mol. The second-order valence-electron chi connectivity index (χ2n) is 9.68. The zero-order chi connectivity index (χ0) is 22.5. The van der Waals surface area contributed by atoms with Crippen molar-refractivity contribution in [2.75, 3.05) is 26.2 Å². The van der Waals surface area contributed by atoms with Crippen molar-refractivity contribution in [3.63, 3.8) is 0 Å². The number of amides is 1. The Hall–Kier alpha value is -1.91. The maximum absolute atomic E-state index is 12.8. The van der Waals surface area contributed by atoms with Crippen molar-refractivity contribution in [2.45, 2.75) is 44.2 Å². The lowest BCUT2D eigenvalue weighted by Gasteiger charge is -2.21. The van der Waals surface area contributed by atoms with Crippen molar-refractivity contribution in [2.24, 2.45) is 17.6 Å². The Kier molecular flexibility index (Phi) is 5.70. The second kappa shape index (κ2) is 8.70. The molecule has 6 rings (SSSR count). The Morgan fingerprint density at radius 2 is 2.12 bits per heavy atom. The number of thiophene rings is 1. The number of thiazole rings is 1. The van der Waals surface area contributed by atoms with E-state index in [1.54, 1.807) is 22.7 Å². The summed E-state index contributed by atoms with van der Waals surface area (Å²) in [4.78, 5) is 24.3. The Bertz CT molecular complexity index is 1140. The summed E-state index contributed by atoms with van der Waals surface area (Å²) in [5, 5.41) is 11.8. The molecular formula is C24H30N6OS2. The lowest BCUT2D eigenvalue weighted by Crippen LogP contribution is -2.36. The molecule has 0 aromatic carbocycles. The molecule has 1 saturated heterocycles. The standard InChI is InChI=1S/C24H30N6OS2/c1-12-21-16(2-5-28-12)20(24-30-18-11-26-4-3-19(18)32-24)22(33-21)17(23(25)31)10-29-15-6-13-8-27-9-14(13)7-15/h3-4,11-15,17,27-29H,2,5-10H2,1H3,(H2,25,31)/t12-,13?,14?,15?,17?/m0/s1. The SMILES string of the molecule is C[C@@H]1NCCc2c1sc(C(CNC1CC3CNCC3C1)C(N)=O)c2-c1nc2cnccc2s1. The predicted molar refractivity (Wildman–Crippen MR) is 134 cm³/mol. The van der Waals surface area contributed by atoms with E-state index in [0.29, 0.717) is 12.6 Å². The highest BCUT2D eigenvalue weighted by molar-refractivity contribution is 7.22. The van der Waals surface area contributed by atoms with Crippen LogP contribution in [0.15, 0.2) is 18.5 Å². The molecule has 5 heterocycles. The molecule has 5 N–H and O–H groups in total. The number of carbonyl (C=O) groups is 1. The van der Waals surface area contributed by atoms with Crippen LogP contribution in [0.2, 0.25) is 0 Å². The molecule has 3 aliphatic rings. The zero-order valence-electron chi connectivity index (χ0n) is 18.8. The highest BCUT2D eigenvalue weighted by atomic mass is 32.1. The zero-order valence-corrected chi connectivity index (χ0v) is 20.4. The highest BCUT2D eigenvalue weighted by Gasteiger charge is 2.38. The van der Waals surface area contributed by atoms with Crippen molar-refractivity contribution in [1.29, 1.82) is 0 Å². The van der Waals surface area contributed by atoms with Crippen LogP contribution < -0.4 is 21.7 Å². The van der Waals surface area contributed by atoms with E-state index in [4.69, 9.17) is 10.7 Å². The van der Waals surface area contributed by atoms with E-state index in [-0.39, 0.29) is 17.9 Å². The fraction of sp³-hybridized carbons (Fsp3) is 0.542. The largest absolute Gasteiger partial charge is 0.369 e. The fourth-order valence-corrected chi connectivity index (χ4v) is 8.49. The maximum Gasteiger partial charge on any atom is 0.227 e. The Balaban J connectivity index is 1.36. The molecular weight excluding hydrogens is 452 g/mol. The smallest absolute Gasteiger partial charge is 0.227 e. The number of rotatable bonds is 6. The molecule has 9 heteroatoms. The molecule has 1 saturated carbocycles. The summed E-state index contributed by atoms with van der Waals surface area (Å²) in [7, 11) is 0. The van der Waals surface area contributed by atoms with Crippen LogP contribution in [-0.2, 0) is 11.2 Å². The molecule has 2 fully saturated rings. The minimum Gasteiger partial charge on any atom is -0.369 e. The van der Waals surface area contributed by atoms with Gasteiger partial charge in [0, 0.05) is 40.1 Å². The maximum atomic E-state index is 12.8. The van der Waals surface area contributed by atoms with Crippen molar-refractivity contribution in [3.8, 4) is 10.6 Å². The Morgan fingerprint density at radius 3 is 2.88 bits per heavy atom. The molecule has 33 heavy (non-hydrogen) atoms. The van der Waals surface area contributed by atoms with E-state index in [1.807, 2.05) is 18.5 Å². The normalized spacial score (nSPS) is 27.5. The van der Waals surface area contributed by atoms with Crippen LogP contribution in [0.3, 0.4) is 0 Å². The number of carbonyl (C=O) groups excluding carboxylic acids is 1. The molecule has 0 spiro atoms. The van der Waals surface area contributed by atoms with Gasteiger partial charge in [0.25, 0.3) is 0 Å². The molecule has 4 atom stereocenters. The summed E-state index contributed by atoms with van der Waals surface area (Å²) in [6, 6.07) is 2.75. The first-order chi connectivity index (χ1) is 16.1. The van der Waals surface area contributed by atoms with Gasteiger partial charge in [0.2, 0.25) is 5.91 Å². The van der Waals surface area contributed by atoms with Gasteiger partial charge in [-0.2, -0.15) is 0 Å². The van der Waals surface area contributed by atoms with Crippen molar-refractivity contribution >= 4 is 38.8 Å². The average Bonchev–Trinajstić information content (AvgIpc) is 3.55. The summed E-state index contributed by atoms with van der Waals surface area (Å²) < 4.78 is 1.12. The number of hydrogen-bond donors (Lipinski definition) is 4. The number of nitrogens with two attached hydrogens (primary N) is 1. The number of fused-ring (bicyclic) bond motifs is 3. The number of pyridine rings is 1. The minimum atomic E-state index is -0.355. The molecule has 3 unspecified atom stereocenters. The van der Waals surface area contributed by atoms with Crippen molar-refractivity contribution < 1.29 is 4.79 Å². The van der Waals surface area contributed by atoms with E-state index in [1.165, 1.54) is 23.3 Å². The second-order valence-corrected chi connectivity index (χ2v) is 11.8. The first-order valence-corrected chi connectivity index (χ1v) is 13.5. The molecule has 3 aromatic heterocycles. The minimum absolute atomic E-state index is 0.259. The van der Waals surface area contributed by atoms with Gasteiger partial charge < -0.3 is 21.7 Å². The van der Waals surface area contributed by atoms with Gasteiger partial charge in [0.05, 0.1) is 16.8 Å². The van der Waals surface area contributed by atoms with Crippen LogP contribution in [0.4, 0.5) is 0 Å². The Morgan fingerprint density at radius 1 is 1.30 bits per heavy atom. The van der Waals surface area contributed by atoms with Crippen LogP contribution in [0, 0.1) is 11.8 Å². The van der Waals surface area contributed by atoms with E-state index in [0.717, 1.165) is 63.6 Å². The summed E-state index contributed by atoms with van der Waals surface area (Å²) >= 11 is 3.43. The third-order valence-electron chi connectivity index (χ3n) is 7.61. The molecule has 0 bridgehead atoms. The topological polar surface area (TPSA) is 105 Å². The van der Waals surface area contributed by atoms with Crippen LogP contribution in [0.5, 0.6) is 0 Å². The highest BCUT2D eigenvalue weighted by Crippen LogP contribution is 2.46. The third-order valence-corrected chi connectivity index (χ3v) is 10.2. The van der Waals surface area contributed by atoms with Gasteiger partial charge >= 0.3 is 0 Å². The molecule has 1 amide bonds. The van der Waals surface area contributed by atoms with Crippen molar-refractivity contribution in [3.05, 3.63) is 33.8 Å². The van der Waals surface area contributed by atoms with Gasteiger partial charge in [-0.25, -0.2) is 4.98 Å². The van der Waals surface area contributed by atoms with Crippen LogP contribution >= 0.6 is 22.7 Å². The van der Waals surface area contributed by atoms with Crippen LogP contribution in [0.25, 0.3) is 20.8 Å². The van der Waals surface area contributed by atoms with E-state index < -0.39 is 0 Å². The third kappa shape index (κ3) is 3.89. The summed E-state index contributed by atoms with van der Waals surface area (Å²) in [5.41, 5.74) is 9.42. The van der Waals surface area contributed by atoms with Gasteiger partial charge in [-0.05, 0) is 69.3 Å². The quantitative estimate of drug-likeness (QED) is 0.431. The number of hydrogen-bond acceptors (Lipinski definition) is 8. The molecule has 7 nitrogen and oxygen atoms in total. The number of nitrogens with zero attached hydrogens (tertiary/aromatic N) is 2.